The minimum Gasteiger partial charge on any atom is -0.305 e. The van der Waals surface area contributed by atoms with Crippen molar-refractivity contribution in [1.29, 1.82) is 5.26 Å². The van der Waals surface area contributed by atoms with Crippen molar-refractivity contribution in [3.8, 4) is 23.0 Å². The van der Waals surface area contributed by atoms with E-state index >= 15 is 0 Å². The number of fused-ring (bicyclic) bond motifs is 2. The molecule has 0 saturated carbocycles. The molecule has 4 aromatic carbocycles. The summed E-state index contributed by atoms with van der Waals surface area (Å²) in [5, 5.41) is 17.6. The van der Waals surface area contributed by atoms with Gasteiger partial charge in [0.1, 0.15) is 11.8 Å². The third kappa shape index (κ3) is 3.85. The van der Waals surface area contributed by atoms with Crippen molar-refractivity contribution < 1.29 is 0 Å². The fraction of sp³-hybridized carbons (Fsp3) is 0. The molecule has 0 radical (unpaired) electrons. The topological polar surface area (TPSA) is 87.4 Å². The van der Waals surface area contributed by atoms with Gasteiger partial charge < -0.3 is 4.98 Å². The summed E-state index contributed by atoms with van der Waals surface area (Å²) >= 11 is 0. The standard InChI is InChI=1S/C30H19N5O/c31-18-23(29-32-27-13-7-6-12-26(27)30(36)33-29)17-24-19-35(25-10-2-1-3-11-25)34-28(24)22-15-14-20-8-4-5-9-21(20)16-22/h1-17,19H,(H,32,33,36). The first kappa shape index (κ1) is 21.3. The van der Waals surface area contributed by atoms with Gasteiger partial charge in [0.2, 0.25) is 0 Å². The van der Waals surface area contributed by atoms with Crippen molar-refractivity contribution in [2.75, 3.05) is 0 Å². The lowest BCUT2D eigenvalue weighted by Crippen LogP contribution is -2.11. The second kappa shape index (κ2) is 8.82. The molecule has 0 spiro atoms. The van der Waals surface area contributed by atoms with Gasteiger partial charge in [-0.05, 0) is 47.2 Å². The summed E-state index contributed by atoms with van der Waals surface area (Å²) in [6.07, 6.45) is 3.61. The van der Waals surface area contributed by atoms with E-state index in [4.69, 9.17) is 5.10 Å². The zero-order chi connectivity index (χ0) is 24.5. The number of allylic oxidation sites excluding steroid dienone is 1. The van der Waals surface area contributed by atoms with E-state index < -0.39 is 0 Å². The van der Waals surface area contributed by atoms with Crippen molar-refractivity contribution >= 4 is 33.3 Å². The van der Waals surface area contributed by atoms with Gasteiger partial charge in [-0.1, -0.05) is 66.7 Å². The van der Waals surface area contributed by atoms with Crippen LogP contribution in [0.3, 0.4) is 0 Å². The SMILES string of the molecule is N#CC(=Cc1cn(-c2ccccc2)nc1-c1ccc2ccccc2c1)c1nc2ccccc2c(=O)[nH]1. The van der Waals surface area contributed by atoms with Gasteiger partial charge in [0.05, 0.1) is 22.2 Å². The molecule has 6 rings (SSSR count). The molecule has 6 nitrogen and oxygen atoms in total. The van der Waals surface area contributed by atoms with Gasteiger partial charge >= 0.3 is 0 Å². The maximum Gasteiger partial charge on any atom is 0.259 e. The largest absolute Gasteiger partial charge is 0.305 e. The molecule has 0 aliphatic heterocycles. The molecule has 170 valence electrons. The number of nitriles is 1. The van der Waals surface area contributed by atoms with Crippen LogP contribution in [0, 0.1) is 11.3 Å². The average molecular weight is 466 g/mol. The highest BCUT2D eigenvalue weighted by Gasteiger charge is 2.15. The Hall–Kier alpha value is -5.28. The van der Waals surface area contributed by atoms with Gasteiger partial charge in [-0.25, -0.2) is 9.67 Å². The molecular formula is C30H19N5O. The van der Waals surface area contributed by atoms with Crippen LogP contribution >= 0.6 is 0 Å². The lowest BCUT2D eigenvalue weighted by Gasteiger charge is -2.04. The molecular weight excluding hydrogens is 446 g/mol. The number of aromatic amines is 1. The van der Waals surface area contributed by atoms with Crippen LogP contribution in [0.2, 0.25) is 0 Å². The minimum atomic E-state index is -0.286. The molecule has 0 saturated heterocycles. The van der Waals surface area contributed by atoms with Gasteiger partial charge in [-0.15, -0.1) is 0 Å². The van der Waals surface area contributed by atoms with Crippen LogP contribution in [0.25, 0.3) is 50.3 Å². The zero-order valence-electron chi connectivity index (χ0n) is 19.1. The molecule has 0 unspecified atom stereocenters. The number of rotatable bonds is 4. The number of aromatic nitrogens is 4. The number of nitrogens with one attached hydrogen (secondary N) is 1. The first-order valence-electron chi connectivity index (χ1n) is 11.4. The van der Waals surface area contributed by atoms with E-state index in [1.807, 2.05) is 60.8 Å². The Bertz CT molecular complexity index is 1870. The molecule has 0 bridgehead atoms. The van der Waals surface area contributed by atoms with Crippen molar-refractivity contribution in [3.05, 3.63) is 125 Å². The second-order valence-electron chi connectivity index (χ2n) is 8.38. The quantitative estimate of drug-likeness (QED) is 0.324. The molecule has 0 amide bonds. The lowest BCUT2D eigenvalue weighted by molar-refractivity contribution is 0.884. The predicted molar refractivity (Wildman–Crippen MR) is 142 cm³/mol. The number of hydrogen-bond donors (Lipinski definition) is 1. The van der Waals surface area contributed by atoms with Crippen molar-refractivity contribution in [3.63, 3.8) is 0 Å². The Morgan fingerprint density at radius 2 is 1.64 bits per heavy atom. The molecule has 1 N–H and O–H groups in total. The molecule has 2 aromatic heterocycles. The zero-order valence-corrected chi connectivity index (χ0v) is 19.1. The lowest BCUT2D eigenvalue weighted by atomic mass is 10.0. The molecule has 36 heavy (non-hydrogen) atoms. The number of benzene rings is 4. The van der Waals surface area contributed by atoms with Crippen LogP contribution in [0.15, 0.2) is 108 Å². The molecule has 6 aromatic rings. The van der Waals surface area contributed by atoms with E-state index in [9.17, 15) is 10.1 Å². The summed E-state index contributed by atoms with van der Waals surface area (Å²) in [5.41, 5.74) is 3.77. The van der Waals surface area contributed by atoms with Gasteiger partial charge in [0.25, 0.3) is 5.56 Å². The second-order valence-corrected chi connectivity index (χ2v) is 8.38. The van der Waals surface area contributed by atoms with Gasteiger partial charge in [-0.3, -0.25) is 4.79 Å². The summed E-state index contributed by atoms with van der Waals surface area (Å²) in [6.45, 7) is 0. The summed E-state index contributed by atoms with van der Waals surface area (Å²) in [6, 6.07) is 33.4. The first-order valence-corrected chi connectivity index (χ1v) is 11.4. The number of hydrogen-bond acceptors (Lipinski definition) is 4. The highest BCUT2D eigenvalue weighted by atomic mass is 16.1. The van der Waals surface area contributed by atoms with E-state index in [-0.39, 0.29) is 17.0 Å². The minimum absolute atomic E-state index is 0.220. The van der Waals surface area contributed by atoms with Crippen LogP contribution in [-0.2, 0) is 0 Å². The monoisotopic (exact) mass is 465 g/mol. The van der Waals surface area contributed by atoms with E-state index in [0.717, 1.165) is 33.3 Å². The van der Waals surface area contributed by atoms with Crippen molar-refractivity contribution in [1.82, 2.24) is 19.7 Å². The van der Waals surface area contributed by atoms with Gasteiger partial charge in [0.15, 0.2) is 5.82 Å². The molecule has 2 heterocycles. The van der Waals surface area contributed by atoms with E-state index in [0.29, 0.717) is 10.9 Å². The molecule has 6 heteroatoms. The maximum absolute atomic E-state index is 12.6. The van der Waals surface area contributed by atoms with Crippen LogP contribution in [0.4, 0.5) is 0 Å². The Morgan fingerprint density at radius 1 is 0.889 bits per heavy atom. The Labute approximate surface area is 206 Å². The Balaban J connectivity index is 1.54. The van der Waals surface area contributed by atoms with Crippen LogP contribution < -0.4 is 5.56 Å². The van der Waals surface area contributed by atoms with E-state index in [2.05, 4.69) is 40.3 Å². The van der Waals surface area contributed by atoms with E-state index in [1.165, 1.54) is 0 Å². The summed E-state index contributed by atoms with van der Waals surface area (Å²) in [5.74, 6) is 0.220. The van der Waals surface area contributed by atoms with Crippen LogP contribution in [-0.4, -0.2) is 19.7 Å². The van der Waals surface area contributed by atoms with Gasteiger partial charge in [-0.2, -0.15) is 10.4 Å². The molecule has 0 aliphatic rings. The predicted octanol–water partition coefficient (Wildman–Crippen LogP) is 5.99. The molecule has 0 fully saturated rings. The van der Waals surface area contributed by atoms with Gasteiger partial charge in [0, 0.05) is 17.3 Å². The fourth-order valence-electron chi connectivity index (χ4n) is 4.29. The van der Waals surface area contributed by atoms with Crippen molar-refractivity contribution in [2.45, 2.75) is 0 Å². The number of para-hydroxylation sites is 2. The number of H-pyrrole nitrogens is 1. The fourth-order valence-corrected chi connectivity index (χ4v) is 4.29. The third-order valence-corrected chi connectivity index (χ3v) is 6.07. The normalized spacial score (nSPS) is 11.6. The molecule has 0 aliphatic carbocycles. The third-order valence-electron chi connectivity index (χ3n) is 6.07. The highest BCUT2D eigenvalue weighted by Crippen LogP contribution is 2.29. The summed E-state index contributed by atoms with van der Waals surface area (Å²) in [7, 11) is 0. The summed E-state index contributed by atoms with van der Waals surface area (Å²) < 4.78 is 1.79. The van der Waals surface area contributed by atoms with Crippen LogP contribution in [0.1, 0.15) is 11.4 Å². The molecule has 0 atom stereocenters. The maximum atomic E-state index is 12.6. The Kier molecular flexibility index (Phi) is 5.21. The van der Waals surface area contributed by atoms with E-state index in [1.54, 1.807) is 29.0 Å². The first-order chi connectivity index (χ1) is 17.7. The van der Waals surface area contributed by atoms with Crippen LogP contribution in [0.5, 0.6) is 0 Å². The smallest absolute Gasteiger partial charge is 0.259 e. The summed E-state index contributed by atoms with van der Waals surface area (Å²) in [4.78, 5) is 19.9. The Morgan fingerprint density at radius 3 is 2.47 bits per heavy atom. The number of nitrogens with zero attached hydrogens (tertiary/aromatic N) is 4. The average Bonchev–Trinajstić information content (AvgIpc) is 3.36. The highest BCUT2D eigenvalue weighted by molar-refractivity contribution is 5.93. The van der Waals surface area contributed by atoms with Crippen molar-refractivity contribution in [2.24, 2.45) is 0 Å².